The average molecular weight is 386 g/mol. The number of carboxylic acids is 1. The number of likely N-dealkylation sites (tertiary alicyclic amines) is 1. The van der Waals surface area contributed by atoms with Crippen LogP contribution in [0.15, 0.2) is 30.3 Å². The molecule has 1 aromatic rings. The average Bonchev–Trinajstić information content (AvgIpc) is 3.18. The van der Waals surface area contributed by atoms with E-state index >= 15 is 0 Å². The monoisotopic (exact) mass is 386 g/mol. The van der Waals surface area contributed by atoms with E-state index < -0.39 is 30.1 Å². The van der Waals surface area contributed by atoms with Crippen molar-refractivity contribution in [3.63, 3.8) is 0 Å². The molecule has 0 unspecified atom stereocenters. The van der Waals surface area contributed by atoms with Crippen LogP contribution in [0.4, 0.5) is 0 Å². The van der Waals surface area contributed by atoms with Gasteiger partial charge in [-0.1, -0.05) is 30.3 Å². The van der Waals surface area contributed by atoms with Crippen LogP contribution in [0.5, 0.6) is 0 Å². The number of esters is 1. The molecular formula is C20H27BN2O5. The van der Waals surface area contributed by atoms with Gasteiger partial charge in [-0.25, -0.2) is 4.79 Å². The minimum Gasteiger partial charge on any atom is -0.480 e. The Kier molecular flexibility index (Phi) is 8.05. The van der Waals surface area contributed by atoms with E-state index in [1.807, 2.05) is 30.3 Å². The maximum Gasteiger partial charge on any atom is 0.326 e. The topological polar surface area (TPSA) is 87.2 Å². The number of nitrogens with zero attached hydrogens (tertiary/aromatic N) is 2. The fourth-order valence-electron chi connectivity index (χ4n) is 3.50. The molecule has 1 heterocycles. The molecule has 1 aromatic carbocycles. The Morgan fingerprint density at radius 3 is 2.61 bits per heavy atom. The van der Waals surface area contributed by atoms with Gasteiger partial charge in [0, 0.05) is 6.54 Å². The van der Waals surface area contributed by atoms with Gasteiger partial charge in [-0.15, -0.1) is 0 Å². The second kappa shape index (κ2) is 10.3. The SMILES string of the molecule is [B]N([C@@H](C)C(=O)N1CCC[C@H]1C(=O)O)[C@@H](CCc1ccccc1)C(=O)OCC. The molecule has 0 saturated carbocycles. The number of aliphatic carboxylic acids is 1. The number of ether oxygens (including phenoxy) is 1. The largest absolute Gasteiger partial charge is 0.480 e. The molecule has 1 N–H and O–H groups in total. The molecular weight excluding hydrogens is 359 g/mol. The molecule has 1 aliphatic heterocycles. The number of carboxylic acid groups (broad SMARTS) is 1. The zero-order chi connectivity index (χ0) is 20.7. The molecule has 0 aromatic heterocycles. The normalized spacial score (nSPS) is 18.7. The molecule has 7 nitrogen and oxygen atoms in total. The molecule has 8 heteroatoms. The van der Waals surface area contributed by atoms with Crippen molar-refractivity contribution in [3.8, 4) is 0 Å². The van der Waals surface area contributed by atoms with E-state index in [1.165, 1.54) is 9.71 Å². The summed E-state index contributed by atoms with van der Waals surface area (Å²) in [5.41, 5.74) is 1.05. The fraction of sp³-hybridized carbons (Fsp3) is 0.550. The van der Waals surface area contributed by atoms with Crippen molar-refractivity contribution in [2.45, 2.75) is 57.7 Å². The lowest BCUT2D eigenvalue weighted by Gasteiger charge is -2.34. The van der Waals surface area contributed by atoms with E-state index in [4.69, 9.17) is 12.7 Å². The third kappa shape index (κ3) is 5.35. The quantitative estimate of drug-likeness (QED) is 0.510. The first-order chi connectivity index (χ1) is 13.4. The van der Waals surface area contributed by atoms with Crippen LogP contribution in [0.2, 0.25) is 0 Å². The van der Waals surface area contributed by atoms with Gasteiger partial charge in [-0.2, -0.15) is 0 Å². The lowest BCUT2D eigenvalue weighted by atomic mass is 9.99. The van der Waals surface area contributed by atoms with Crippen molar-refractivity contribution < 1.29 is 24.2 Å². The number of hydrogen-bond donors (Lipinski definition) is 1. The Labute approximate surface area is 167 Å². The minimum atomic E-state index is -1.02. The zero-order valence-electron chi connectivity index (χ0n) is 16.4. The van der Waals surface area contributed by atoms with Crippen molar-refractivity contribution in [1.29, 1.82) is 0 Å². The van der Waals surface area contributed by atoms with E-state index in [1.54, 1.807) is 13.8 Å². The summed E-state index contributed by atoms with van der Waals surface area (Å²) >= 11 is 0. The molecule has 150 valence electrons. The van der Waals surface area contributed by atoms with Crippen LogP contribution in [0.1, 0.15) is 38.7 Å². The standard InChI is InChI=1S/C20H27BN2O5/c1-3-28-20(27)17(12-11-15-8-5-4-6-9-15)23(21)14(2)18(24)22-13-7-10-16(22)19(25)26/h4-6,8-9,14,16-17H,3,7,10-13H2,1-2H3,(H,25,26)/t14-,16-,17-/m0/s1. The van der Waals surface area contributed by atoms with Crippen LogP contribution in [0.25, 0.3) is 0 Å². The van der Waals surface area contributed by atoms with Crippen LogP contribution >= 0.6 is 0 Å². The summed E-state index contributed by atoms with van der Waals surface area (Å²) in [7, 11) is 6.18. The van der Waals surface area contributed by atoms with E-state index in [0.29, 0.717) is 32.2 Å². The summed E-state index contributed by atoms with van der Waals surface area (Å²) in [4.78, 5) is 39.2. The van der Waals surface area contributed by atoms with Gasteiger partial charge >= 0.3 is 11.9 Å². The summed E-state index contributed by atoms with van der Waals surface area (Å²) in [6.45, 7) is 3.89. The Balaban J connectivity index is 2.10. The van der Waals surface area contributed by atoms with E-state index in [2.05, 4.69) is 0 Å². The summed E-state index contributed by atoms with van der Waals surface area (Å²) in [6, 6.07) is 7.18. The zero-order valence-corrected chi connectivity index (χ0v) is 16.4. The second-order valence-electron chi connectivity index (χ2n) is 6.94. The van der Waals surface area contributed by atoms with Crippen molar-refractivity contribution in [3.05, 3.63) is 35.9 Å². The van der Waals surface area contributed by atoms with Crippen molar-refractivity contribution in [2.75, 3.05) is 13.2 Å². The third-order valence-corrected chi connectivity index (χ3v) is 5.09. The summed E-state index contributed by atoms with van der Waals surface area (Å²) in [6.07, 6.45) is 2.04. The molecule has 1 fully saturated rings. The molecule has 1 saturated heterocycles. The van der Waals surface area contributed by atoms with E-state index in [0.717, 1.165) is 5.56 Å². The Morgan fingerprint density at radius 1 is 1.32 bits per heavy atom. The van der Waals surface area contributed by atoms with Gasteiger partial charge in [-0.3, -0.25) is 9.59 Å². The molecule has 2 rings (SSSR count). The summed E-state index contributed by atoms with van der Waals surface area (Å²) in [5, 5.41) is 9.32. The number of hydrogen-bond acceptors (Lipinski definition) is 5. The van der Waals surface area contributed by atoms with Gasteiger partial charge in [0.15, 0.2) is 7.98 Å². The van der Waals surface area contributed by atoms with Gasteiger partial charge < -0.3 is 19.6 Å². The molecule has 1 amide bonds. The number of carbonyl (C=O) groups is 3. The van der Waals surface area contributed by atoms with Crippen LogP contribution in [0, 0.1) is 0 Å². The first kappa shape index (κ1) is 21.9. The molecule has 3 atom stereocenters. The third-order valence-electron chi connectivity index (χ3n) is 5.09. The molecule has 0 spiro atoms. The number of amides is 1. The number of benzene rings is 1. The highest BCUT2D eigenvalue weighted by atomic mass is 16.5. The van der Waals surface area contributed by atoms with Gasteiger partial charge in [0.25, 0.3) is 0 Å². The number of rotatable bonds is 9. The van der Waals surface area contributed by atoms with Crippen LogP contribution in [-0.4, -0.2) is 71.9 Å². The molecule has 0 aliphatic carbocycles. The molecule has 1 aliphatic rings. The molecule has 0 bridgehead atoms. The van der Waals surface area contributed by atoms with Crippen molar-refractivity contribution >= 4 is 25.8 Å². The highest BCUT2D eigenvalue weighted by molar-refractivity contribution is 6.09. The first-order valence-electron chi connectivity index (χ1n) is 9.63. The lowest BCUT2D eigenvalue weighted by molar-refractivity contribution is -0.153. The second-order valence-corrected chi connectivity index (χ2v) is 6.94. The fourth-order valence-corrected chi connectivity index (χ4v) is 3.50. The van der Waals surface area contributed by atoms with Gasteiger partial charge in [0.05, 0.1) is 18.7 Å². The van der Waals surface area contributed by atoms with Gasteiger partial charge in [0.2, 0.25) is 5.91 Å². The lowest BCUT2D eigenvalue weighted by Crippen LogP contribution is -2.54. The Hall–Kier alpha value is -2.35. The van der Waals surface area contributed by atoms with Gasteiger partial charge in [-0.05, 0) is 45.1 Å². The Morgan fingerprint density at radius 2 is 2.00 bits per heavy atom. The smallest absolute Gasteiger partial charge is 0.326 e. The predicted octanol–water partition coefficient (Wildman–Crippen LogP) is 1.40. The minimum absolute atomic E-state index is 0.212. The maximum atomic E-state index is 12.8. The summed E-state index contributed by atoms with van der Waals surface area (Å²) < 4.78 is 5.15. The molecule has 28 heavy (non-hydrogen) atoms. The van der Waals surface area contributed by atoms with Crippen molar-refractivity contribution in [1.82, 2.24) is 9.71 Å². The van der Waals surface area contributed by atoms with Crippen molar-refractivity contribution in [2.24, 2.45) is 0 Å². The first-order valence-corrected chi connectivity index (χ1v) is 9.63. The number of carbonyl (C=O) groups excluding carboxylic acids is 2. The maximum absolute atomic E-state index is 12.8. The van der Waals surface area contributed by atoms with E-state index in [-0.39, 0.29) is 12.5 Å². The molecule has 2 radical (unpaired) electrons. The van der Waals surface area contributed by atoms with E-state index in [9.17, 15) is 19.5 Å². The van der Waals surface area contributed by atoms with Crippen LogP contribution in [-0.2, 0) is 25.5 Å². The van der Waals surface area contributed by atoms with Gasteiger partial charge in [0.1, 0.15) is 6.04 Å². The highest BCUT2D eigenvalue weighted by Gasteiger charge is 2.38. The predicted molar refractivity (Wildman–Crippen MR) is 105 cm³/mol. The summed E-state index contributed by atoms with van der Waals surface area (Å²) in [5.74, 6) is -1.90. The number of aryl methyl sites for hydroxylation is 1. The van der Waals surface area contributed by atoms with Crippen LogP contribution in [0.3, 0.4) is 0 Å². The highest BCUT2D eigenvalue weighted by Crippen LogP contribution is 2.21. The van der Waals surface area contributed by atoms with Crippen LogP contribution < -0.4 is 0 Å². The Bertz CT molecular complexity index is 684.